The SMILES string of the molecule is B#CC=C. The van der Waals surface area contributed by atoms with Crippen LogP contribution in [0.4, 0.5) is 0 Å². The van der Waals surface area contributed by atoms with Crippen molar-refractivity contribution < 1.29 is 0 Å². The predicted molar refractivity (Wildman–Crippen MR) is 19.8 cm³/mol. The molecule has 0 aromatic carbocycles. The van der Waals surface area contributed by atoms with Crippen LogP contribution in [0.1, 0.15) is 0 Å². The van der Waals surface area contributed by atoms with Gasteiger partial charge in [-0.05, 0) is 0 Å². The normalized spacial score (nSPS) is 4.50. The molecule has 0 atom stereocenters. The molecule has 0 heterocycles. The molecule has 1 heteroatoms. The quantitative estimate of drug-likeness (QED) is 0.346. The molecule has 0 aliphatic carbocycles. The third-order valence-corrected chi connectivity index (χ3v) is 0.118. The van der Waals surface area contributed by atoms with Gasteiger partial charge in [0.05, 0.1) is 0 Å². The summed E-state index contributed by atoms with van der Waals surface area (Å²) in [4.78, 5) is 0. The summed E-state index contributed by atoms with van der Waals surface area (Å²) in [7, 11) is 4.66. The Morgan fingerprint density at radius 2 is 2.25 bits per heavy atom. The standard InChI is InChI=1S/C3H3B/c1-2-3-4/h2H,1H2. The third kappa shape index (κ3) is 1.58. The molecule has 4 heavy (non-hydrogen) atoms. The zero-order valence-electron chi connectivity index (χ0n) is 2.36. The second-order valence-corrected chi connectivity index (χ2v) is 0.371. The minimum atomic E-state index is 1.40. The maximum atomic E-state index is 4.66. The first-order valence-electron chi connectivity index (χ1n) is 0.986. The van der Waals surface area contributed by atoms with Crippen LogP contribution in [-0.4, -0.2) is 7.33 Å². The Bertz CT molecular complexity index is 48.8. The molecule has 0 aromatic heterocycles. The van der Waals surface area contributed by atoms with Gasteiger partial charge in [-0.1, -0.05) is 0 Å². The van der Waals surface area contributed by atoms with Crippen molar-refractivity contribution in [3.63, 3.8) is 0 Å². The Hall–Kier alpha value is -0.415. The molecule has 0 aliphatic heterocycles. The van der Waals surface area contributed by atoms with E-state index in [-0.39, 0.29) is 0 Å². The van der Waals surface area contributed by atoms with E-state index in [0.29, 0.717) is 0 Å². The van der Waals surface area contributed by atoms with Crippen LogP contribution < -0.4 is 0 Å². The summed E-state index contributed by atoms with van der Waals surface area (Å²) in [5, 5.41) is 0. The van der Waals surface area contributed by atoms with Gasteiger partial charge in [0.1, 0.15) is 0 Å². The van der Waals surface area contributed by atoms with Gasteiger partial charge in [0.25, 0.3) is 0 Å². The number of hydrogen-bond acceptors (Lipinski definition) is 0. The van der Waals surface area contributed by atoms with Crippen LogP contribution in [0.5, 0.6) is 0 Å². The van der Waals surface area contributed by atoms with Crippen molar-refractivity contribution in [2.24, 2.45) is 0 Å². The van der Waals surface area contributed by atoms with Gasteiger partial charge >= 0.3 is 25.8 Å². The first-order chi connectivity index (χ1) is 1.91. The molecule has 0 saturated carbocycles. The zero-order valence-corrected chi connectivity index (χ0v) is 2.36. The molecule has 0 bridgehead atoms. The molecule has 0 radical (unpaired) electrons. The van der Waals surface area contributed by atoms with Crippen molar-refractivity contribution in [2.45, 2.75) is 0 Å². The molecular weight excluding hydrogens is 46.8 g/mol. The van der Waals surface area contributed by atoms with Crippen LogP contribution in [0.25, 0.3) is 0 Å². The summed E-state index contributed by atoms with van der Waals surface area (Å²) in [5.41, 5.74) is 0. The van der Waals surface area contributed by atoms with E-state index >= 15 is 0 Å². The van der Waals surface area contributed by atoms with Crippen molar-refractivity contribution in [3.8, 4) is 5.80 Å². The Kier molecular flexibility index (Phi) is 2.32. The third-order valence-electron chi connectivity index (χ3n) is 0.118. The van der Waals surface area contributed by atoms with E-state index in [2.05, 4.69) is 19.7 Å². The van der Waals surface area contributed by atoms with Gasteiger partial charge in [-0.2, -0.15) is 0 Å². The van der Waals surface area contributed by atoms with Crippen LogP contribution in [0.15, 0.2) is 12.7 Å². The molecule has 0 rings (SSSR count). The van der Waals surface area contributed by atoms with E-state index in [1.807, 2.05) is 0 Å². The van der Waals surface area contributed by atoms with Crippen molar-refractivity contribution in [1.29, 1.82) is 0 Å². The molecule has 0 aromatic rings. The molecule has 0 spiro atoms. The van der Waals surface area contributed by atoms with Crippen molar-refractivity contribution in [2.75, 3.05) is 0 Å². The van der Waals surface area contributed by atoms with Crippen LogP contribution in [-0.2, 0) is 0 Å². The molecule has 0 fully saturated rings. The molecule has 0 nitrogen and oxygen atoms in total. The van der Waals surface area contributed by atoms with Crippen LogP contribution in [0.3, 0.4) is 0 Å². The van der Waals surface area contributed by atoms with Crippen molar-refractivity contribution in [3.05, 3.63) is 12.7 Å². The average molecular weight is 49.9 g/mol. The van der Waals surface area contributed by atoms with Gasteiger partial charge in [0, 0.05) is 0 Å². The van der Waals surface area contributed by atoms with E-state index in [9.17, 15) is 0 Å². The summed E-state index contributed by atoms with van der Waals surface area (Å²) in [6, 6.07) is 0. The number of hydrogen-bond donors (Lipinski definition) is 0. The molecule has 0 aliphatic rings. The van der Waals surface area contributed by atoms with E-state index in [0.717, 1.165) is 0 Å². The van der Waals surface area contributed by atoms with E-state index in [1.165, 1.54) is 6.08 Å². The summed E-state index contributed by atoms with van der Waals surface area (Å²) in [6.45, 7) is 3.24. The molecule has 0 N–H and O–H groups in total. The number of allylic oxidation sites excluding steroid dienone is 1. The summed E-state index contributed by atoms with van der Waals surface area (Å²) >= 11 is 0. The van der Waals surface area contributed by atoms with Crippen molar-refractivity contribution in [1.82, 2.24) is 0 Å². The molecule has 0 unspecified atom stereocenters. The van der Waals surface area contributed by atoms with E-state index in [1.54, 1.807) is 0 Å². The van der Waals surface area contributed by atoms with Gasteiger partial charge in [0.15, 0.2) is 0 Å². The van der Waals surface area contributed by atoms with Gasteiger partial charge in [-0.3, -0.25) is 0 Å². The van der Waals surface area contributed by atoms with Gasteiger partial charge in [-0.15, -0.1) is 0 Å². The van der Waals surface area contributed by atoms with Crippen molar-refractivity contribution >= 4 is 7.33 Å². The average Bonchev–Trinajstić information content (AvgIpc) is 1.37. The Morgan fingerprint density at radius 3 is 2.25 bits per heavy atom. The topological polar surface area (TPSA) is 0 Å². The molecular formula is C3H3B. The van der Waals surface area contributed by atoms with Gasteiger partial charge in [0.2, 0.25) is 0 Å². The van der Waals surface area contributed by atoms with Gasteiger partial charge in [-0.25, -0.2) is 0 Å². The fraction of sp³-hybridized carbons (Fsp3) is 0. The van der Waals surface area contributed by atoms with E-state index in [4.69, 9.17) is 0 Å². The van der Waals surface area contributed by atoms with E-state index < -0.39 is 0 Å². The Morgan fingerprint density at radius 1 is 2.00 bits per heavy atom. The van der Waals surface area contributed by atoms with Crippen LogP contribution >= 0.6 is 0 Å². The Balaban J connectivity index is 2.92. The first kappa shape index (κ1) is 3.58. The minimum absolute atomic E-state index is 1.40. The monoisotopic (exact) mass is 50.0 g/mol. The molecule has 0 saturated heterocycles. The van der Waals surface area contributed by atoms with Gasteiger partial charge < -0.3 is 0 Å². The fourth-order valence-corrected chi connectivity index (χ4v) is 0. The summed E-state index contributed by atoms with van der Waals surface area (Å²) in [6.07, 6.45) is 1.40. The van der Waals surface area contributed by atoms with Crippen LogP contribution in [0, 0.1) is 5.80 Å². The Labute approximate surface area is 26.9 Å². The first-order valence-corrected chi connectivity index (χ1v) is 0.986. The number of rotatable bonds is 0. The summed E-state index contributed by atoms with van der Waals surface area (Å²) < 4.78 is 0. The second-order valence-electron chi connectivity index (χ2n) is 0.371. The second kappa shape index (κ2) is 2.58. The molecule has 0 amide bonds. The molecule has 18 valence electrons. The zero-order chi connectivity index (χ0) is 3.41. The van der Waals surface area contributed by atoms with Crippen LogP contribution in [0.2, 0.25) is 0 Å². The predicted octanol–water partition coefficient (Wildman–Crippen LogP) is 0.300. The maximum absolute atomic E-state index is 4.66. The summed E-state index contributed by atoms with van der Waals surface area (Å²) in [5.74, 6) is 2.19. The fourth-order valence-electron chi connectivity index (χ4n) is 0.